The molecule has 2 atom stereocenters. The van der Waals surface area contributed by atoms with Crippen molar-refractivity contribution in [3.63, 3.8) is 0 Å². The maximum absolute atomic E-state index is 11.4. The molecule has 1 heterocycles. The van der Waals surface area contributed by atoms with Gasteiger partial charge in [0.2, 0.25) is 0 Å². The largest absolute Gasteiger partial charge is 0.482 e. The Hall–Kier alpha value is -1.55. The molecule has 0 spiro atoms. The molecule has 3 rings (SSSR count). The van der Waals surface area contributed by atoms with Gasteiger partial charge in [-0.15, -0.1) is 0 Å². The minimum Gasteiger partial charge on any atom is -0.482 e. The topological polar surface area (TPSA) is 58.6 Å². The maximum Gasteiger partial charge on any atom is 0.262 e. The molecule has 4 heteroatoms. The van der Waals surface area contributed by atoms with Gasteiger partial charge in [0, 0.05) is 0 Å². The highest BCUT2D eigenvalue weighted by molar-refractivity contribution is 5.95. The van der Waals surface area contributed by atoms with Crippen molar-refractivity contribution in [2.45, 2.75) is 45.6 Å². The van der Waals surface area contributed by atoms with E-state index in [2.05, 4.69) is 19.2 Å². The van der Waals surface area contributed by atoms with E-state index in [1.165, 1.54) is 12.8 Å². The number of ether oxygens (including phenoxy) is 1. The molecule has 1 aromatic rings. The molecular formula is C17H23NO3. The molecule has 0 saturated heterocycles. The van der Waals surface area contributed by atoms with Crippen LogP contribution in [0.5, 0.6) is 5.75 Å². The number of nitrogens with one attached hydrogen (secondary N) is 1. The van der Waals surface area contributed by atoms with Gasteiger partial charge in [-0.1, -0.05) is 32.8 Å². The highest BCUT2D eigenvalue weighted by Gasteiger charge is 2.37. The van der Waals surface area contributed by atoms with Crippen LogP contribution in [0.15, 0.2) is 18.2 Å². The average Bonchev–Trinajstić information content (AvgIpc) is 2.45. The second-order valence-corrected chi connectivity index (χ2v) is 6.88. The van der Waals surface area contributed by atoms with Crippen LogP contribution < -0.4 is 10.1 Å². The Morgan fingerprint density at radius 3 is 2.95 bits per heavy atom. The Morgan fingerprint density at radius 2 is 2.19 bits per heavy atom. The van der Waals surface area contributed by atoms with Crippen molar-refractivity contribution in [3.8, 4) is 5.75 Å². The van der Waals surface area contributed by atoms with Gasteiger partial charge in [-0.3, -0.25) is 4.79 Å². The first kappa shape index (κ1) is 14.4. The molecule has 2 N–H and O–H groups in total. The number of carbonyl (C=O) groups is 1. The molecule has 2 aliphatic rings. The van der Waals surface area contributed by atoms with Crippen molar-refractivity contribution in [1.82, 2.24) is 0 Å². The molecule has 1 saturated carbocycles. The van der Waals surface area contributed by atoms with Gasteiger partial charge in [-0.2, -0.15) is 0 Å². The Bertz CT molecular complexity index is 553. The van der Waals surface area contributed by atoms with Crippen LogP contribution in [-0.2, 0) is 4.79 Å². The van der Waals surface area contributed by atoms with E-state index < -0.39 is 6.10 Å². The van der Waals surface area contributed by atoms with Crippen LogP contribution in [0.2, 0.25) is 0 Å². The second-order valence-electron chi connectivity index (χ2n) is 6.88. The summed E-state index contributed by atoms with van der Waals surface area (Å²) in [7, 11) is 0. The van der Waals surface area contributed by atoms with E-state index >= 15 is 0 Å². The van der Waals surface area contributed by atoms with Crippen LogP contribution in [0.4, 0.5) is 5.69 Å². The second kappa shape index (κ2) is 5.34. The van der Waals surface area contributed by atoms with Crippen molar-refractivity contribution in [3.05, 3.63) is 23.8 Å². The van der Waals surface area contributed by atoms with Crippen molar-refractivity contribution < 1.29 is 14.6 Å². The highest BCUT2D eigenvalue weighted by Crippen LogP contribution is 2.47. The number of aliphatic hydroxyl groups excluding tert-OH is 1. The Morgan fingerprint density at radius 1 is 1.38 bits per heavy atom. The molecule has 0 radical (unpaired) electrons. The van der Waals surface area contributed by atoms with Gasteiger partial charge in [-0.25, -0.2) is 0 Å². The molecule has 1 aliphatic heterocycles. The molecule has 21 heavy (non-hydrogen) atoms. The first-order valence-corrected chi connectivity index (χ1v) is 7.72. The Kier molecular flexibility index (Phi) is 3.66. The molecule has 2 unspecified atom stereocenters. The van der Waals surface area contributed by atoms with Crippen molar-refractivity contribution in [1.29, 1.82) is 0 Å². The SMILES string of the molecule is CC1(C)CCCCC1C(O)c1ccc2c(c1)NC(=O)CO2. The fraction of sp³-hybridized carbons (Fsp3) is 0.588. The van der Waals surface area contributed by atoms with Gasteiger partial charge in [-0.05, 0) is 41.9 Å². The van der Waals surface area contributed by atoms with Gasteiger partial charge < -0.3 is 15.2 Å². The quantitative estimate of drug-likeness (QED) is 0.878. The summed E-state index contributed by atoms with van der Waals surface area (Å²) in [6, 6.07) is 5.59. The minimum atomic E-state index is -0.496. The molecule has 1 aliphatic carbocycles. The molecule has 0 aromatic heterocycles. The number of rotatable bonds is 2. The lowest BCUT2D eigenvalue weighted by atomic mass is 9.65. The van der Waals surface area contributed by atoms with Crippen molar-refractivity contribution in [2.75, 3.05) is 11.9 Å². The van der Waals surface area contributed by atoms with Crippen LogP contribution in [-0.4, -0.2) is 17.6 Å². The number of carbonyl (C=O) groups excluding carboxylic acids is 1. The van der Waals surface area contributed by atoms with Crippen molar-refractivity contribution in [2.24, 2.45) is 11.3 Å². The van der Waals surface area contributed by atoms with Gasteiger partial charge in [0.25, 0.3) is 5.91 Å². The third-order valence-corrected chi connectivity index (χ3v) is 4.95. The number of hydrogen-bond donors (Lipinski definition) is 2. The van der Waals surface area contributed by atoms with Crippen LogP contribution in [0, 0.1) is 11.3 Å². The Labute approximate surface area is 125 Å². The zero-order valence-electron chi connectivity index (χ0n) is 12.7. The van der Waals surface area contributed by atoms with E-state index in [1.807, 2.05) is 18.2 Å². The standard InChI is InChI=1S/C17H23NO3/c1-17(2)8-4-3-5-12(17)16(20)11-6-7-14-13(9-11)18-15(19)10-21-14/h6-7,9,12,16,20H,3-5,8,10H2,1-2H3,(H,18,19). The molecular weight excluding hydrogens is 266 g/mol. The predicted molar refractivity (Wildman–Crippen MR) is 81.3 cm³/mol. The third kappa shape index (κ3) is 2.77. The fourth-order valence-electron chi connectivity index (χ4n) is 3.62. The van der Waals surface area contributed by atoms with E-state index in [1.54, 1.807) is 0 Å². The summed E-state index contributed by atoms with van der Waals surface area (Å²) < 4.78 is 5.36. The highest BCUT2D eigenvalue weighted by atomic mass is 16.5. The molecule has 114 valence electrons. The van der Waals surface area contributed by atoms with Crippen LogP contribution in [0.25, 0.3) is 0 Å². The maximum atomic E-state index is 11.4. The van der Waals surface area contributed by atoms with Crippen LogP contribution in [0.1, 0.15) is 51.2 Å². The number of amides is 1. The third-order valence-electron chi connectivity index (χ3n) is 4.95. The molecule has 4 nitrogen and oxygen atoms in total. The lowest BCUT2D eigenvalue weighted by Crippen LogP contribution is -2.32. The van der Waals surface area contributed by atoms with E-state index in [0.29, 0.717) is 11.4 Å². The van der Waals surface area contributed by atoms with E-state index in [4.69, 9.17) is 4.74 Å². The summed E-state index contributed by atoms with van der Waals surface area (Å²) in [4.78, 5) is 11.4. The normalized spacial score (nSPS) is 25.5. The summed E-state index contributed by atoms with van der Waals surface area (Å²) in [6.07, 6.45) is 4.12. The lowest BCUT2D eigenvalue weighted by Gasteiger charge is -2.41. The van der Waals surface area contributed by atoms with Gasteiger partial charge in [0.05, 0.1) is 11.8 Å². The molecule has 0 bridgehead atoms. The summed E-state index contributed by atoms with van der Waals surface area (Å²) in [6.45, 7) is 4.54. The first-order chi connectivity index (χ1) is 9.97. The fourth-order valence-corrected chi connectivity index (χ4v) is 3.62. The predicted octanol–water partition coefficient (Wildman–Crippen LogP) is 3.27. The summed E-state index contributed by atoms with van der Waals surface area (Å²) in [5.74, 6) is 0.783. The number of hydrogen-bond acceptors (Lipinski definition) is 3. The number of aliphatic hydroxyl groups is 1. The van der Waals surface area contributed by atoms with E-state index in [0.717, 1.165) is 18.4 Å². The van der Waals surface area contributed by atoms with Crippen LogP contribution >= 0.6 is 0 Å². The average molecular weight is 289 g/mol. The molecule has 1 aromatic carbocycles. The number of anilines is 1. The van der Waals surface area contributed by atoms with E-state index in [-0.39, 0.29) is 23.8 Å². The monoisotopic (exact) mass is 289 g/mol. The molecule has 1 amide bonds. The van der Waals surface area contributed by atoms with Crippen LogP contribution in [0.3, 0.4) is 0 Å². The van der Waals surface area contributed by atoms with Gasteiger partial charge in [0.1, 0.15) is 5.75 Å². The summed E-state index contributed by atoms with van der Waals surface area (Å²) in [5, 5.41) is 13.6. The molecule has 1 fully saturated rings. The Balaban J connectivity index is 1.86. The van der Waals surface area contributed by atoms with E-state index in [9.17, 15) is 9.90 Å². The lowest BCUT2D eigenvalue weighted by molar-refractivity contribution is -0.118. The first-order valence-electron chi connectivity index (χ1n) is 7.72. The number of fused-ring (bicyclic) bond motifs is 1. The zero-order chi connectivity index (χ0) is 15.0. The zero-order valence-corrected chi connectivity index (χ0v) is 12.7. The van der Waals surface area contributed by atoms with Gasteiger partial charge in [0.15, 0.2) is 6.61 Å². The smallest absolute Gasteiger partial charge is 0.262 e. The summed E-state index contributed by atoms with van der Waals surface area (Å²) in [5.41, 5.74) is 1.67. The van der Waals surface area contributed by atoms with Crippen molar-refractivity contribution >= 4 is 11.6 Å². The van der Waals surface area contributed by atoms with Gasteiger partial charge >= 0.3 is 0 Å². The summed E-state index contributed by atoms with van der Waals surface area (Å²) >= 11 is 0. The number of benzene rings is 1. The minimum absolute atomic E-state index is 0.0601.